The van der Waals surface area contributed by atoms with Crippen molar-refractivity contribution in [2.45, 2.75) is 24.5 Å². The van der Waals surface area contributed by atoms with Crippen LogP contribution in [0.2, 0.25) is 0 Å². The van der Waals surface area contributed by atoms with Crippen LogP contribution in [0.5, 0.6) is 0 Å². The van der Waals surface area contributed by atoms with Crippen LogP contribution in [-0.2, 0) is 23.5 Å². The van der Waals surface area contributed by atoms with Crippen molar-refractivity contribution in [1.29, 1.82) is 0 Å². The summed E-state index contributed by atoms with van der Waals surface area (Å²) in [6.45, 7) is 1.65. The first-order valence-electron chi connectivity index (χ1n) is 9.04. The minimum absolute atomic E-state index is 0.0129. The lowest BCUT2D eigenvalue weighted by Crippen LogP contribution is -2.29. The third-order valence-electron chi connectivity index (χ3n) is 4.57. The standard InChI is InChI=1S/C21H18F3N3O3S/c1-12-18(14-7-8-25-17(9-14)21(22,23)24)19(28)16(11-26-12)20(29)27-10-13-3-5-15(6-4-13)31(2)30/h3-9,11H,10H2,1-2H3,(H,26,28)(H,27,29). The number of aromatic nitrogens is 2. The molecule has 2 heterocycles. The number of H-pyrrole nitrogens is 1. The number of hydrogen-bond donors (Lipinski definition) is 2. The predicted molar refractivity (Wildman–Crippen MR) is 110 cm³/mol. The van der Waals surface area contributed by atoms with Gasteiger partial charge in [-0.05, 0) is 42.3 Å². The van der Waals surface area contributed by atoms with E-state index in [-0.39, 0.29) is 23.2 Å². The number of hydrogen-bond acceptors (Lipinski definition) is 4. The van der Waals surface area contributed by atoms with E-state index >= 15 is 0 Å². The summed E-state index contributed by atoms with van der Waals surface area (Å²) in [5.74, 6) is -0.671. The molecule has 0 spiro atoms. The average Bonchev–Trinajstić information content (AvgIpc) is 2.72. The second-order valence-electron chi connectivity index (χ2n) is 6.74. The Bertz CT molecular complexity index is 1200. The Hall–Kier alpha value is -3.27. The number of aryl methyl sites for hydroxylation is 1. The number of rotatable bonds is 5. The van der Waals surface area contributed by atoms with Crippen LogP contribution in [-0.4, -0.2) is 26.3 Å². The minimum Gasteiger partial charge on any atom is -0.364 e. The molecule has 0 saturated carbocycles. The van der Waals surface area contributed by atoms with E-state index < -0.39 is 34.0 Å². The third kappa shape index (κ3) is 5.08. The molecular weight excluding hydrogens is 431 g/mol. The van der Waals surface area contributed by atoms with Gasteiger partial charge in [-0.25, -0.2) is 0 Å². The molecule has 0 saturated heterocycles. The molecular formula is C21H18F3N3O3S. The topological polar surface area (TPSA) is 91.9 Å². The van der Waals surface area contributed by atoms with Gasteiger partial charge in [0.25, 0.3) is 5.91 Å². The zero-order chi connectivity index (χ0) is 22.8. The molecule has 1 unspecified atom stereocenters. The Morgan fingerprint density at radius 1 is 1.19 bits per heavy atom. The second-order valence-corrected chi connectivity index (χ2v) is 8.12. The van der Waals surface area contributed by atoms with Crippen molar-refractivity contribution in [3.63, 3.8) is 0 Å². The highest BCUT2D eigenvalue weighted by Gasteiger charge is 2.33. The van der Waals surface area contributed by atoms with Gasteiger partial charge in [0, 0.05) is 52.1 Å². The molecule has 1 aromatic carbocycles. The number of alkyl halides is 3. The summed E-state index contributed by atoms with van der Waals surface area (Å²) in [5, 5.41) is 2.61. The van der Waals surface area contributed by atoms with E-state index in [0.29, 0.717) is 10.6 Å². The Kier molecular flexibility index (Phi) is 6.40. The number of halogens is 3. The Labute approximate surface area is 178 Å². The highest BCUT2D eigenvalue weighted by molar-refractivity contribution is 7.84. The molecule has 1 amide bonds. The minimum atomic E-state index is -4.66. The maximum Gasteiger partial charge on any atom is 0.433 e. The summed E-state index contributed by atoms with van der Waals surface area (Å²) in [6, 6.07) is 8.83. The molecule has 0 aliphatic carbocycles. The maximum absolute atomic E-state index is 13.0. The fourth-order valence-corrected chi connectivity index (χ4v) is 3.48. The molecule has 0 aliphatic heterocycles. The third-order valence-corrected chi connectivity index (χ3v) is 5.51. The van der Waals surface area contributed by atoms with Gasteiger partial charge >= 0.3 is 6.18 Å². The first-order valence-corrected chi connectivity index (χ1v) is 10.6. The smallest absolute Gasteiger partial charge is 0.364 e. The highest BCUT2D eigenvalue weighted by Crippen LogP contribution is 2.30. The van der Waals surface area contributed by atoms with Gasteiger partial charge in [-0.1, -0.05) is 12.1 Å². The number of amides is 1. The van der Waals surface area contributed by atoms with Crippen LogP contribution in [0.25, 0.3) is 11.1 Å². The van der Waals surface area contributed by atoms with E-state index in [9.17, 15) is 27.0 Å². The van der Waals surface area contributed by atoms with Crippen LogP contribution in [0, 0.1) is 6.92 Å². The number of carbonyl (C=O) groups is 1. The number of benzene rings is 1. The number of nitrogens with zero attached hydrogens (tertiary/aromatic N) is 1. The van der Waals surface area contributed by atoms with Crippen LogP contribution in [0.1, 0.15) is 27.3 Å². The monoisotopic (exact) mass is 449 g/mol. The van der Waals surface area contributed by atoms with E-state index in [2.05, 4.69) is 15.3 Å². The van der Waals surface area contributed by atoms with Gasteiger partial charge in [0.05, 0.1) is 0 Å². The van der Waals surface area contributed by atoms with Crippen molar-refractivity contribution in [2.24, 2.45) is 0 Å². The molecule has 3 rings (SSSR count). The highest BCUT2D eigenvalue weighted by atomic mass is 32.2. The maximum atomic E-state index is 13.0. The van der Waals surface area contributed by atoms with E-state index in [4.69, 9.17) is 0 Å². The molecule has 2 aromatic heterocycles. The summed E-state index contributed by atoms with van der Waals surface area (Å²) in [7, 11) is -1.12. The lowest BCUT2D eigenvalue weighted by Gasteiger charge is -2.11. The fourth-order valence-electron chi connectivity index (χ4n) is 2.96. The van der Waals surface area contributed by atoms with Crippen molar-refractivity contribution in [3.8, 4) is 11.1 Å². The van der Waals surface area contributed by atoms with Crippen molar-refractivity contribution in [3.05, 3.63) is 81.5 Å². The molecule has 31 heavy (non-hydrogen) atoms. The van der Waals surface area contributed by atoms with Gasteiger partial charge in [-0.2, -0.15) is 13.2 Å². The molecule has 162 valence electrons. The van der Waals surface area contributed by atoms with Crippen LogP contribution < -0.4 is 10.7 Å². The first-order chi connectivity index (χ1) is 14.6. The lowest BCUT2D eigenvalue weighted by atomic mass is 10.0. The predicted octanol–water partition coefficient (Wildman–Crippen LogP) is 3.43. The first kappa shape index (κ1) is 22.4. The molecule has 3 aromatic rings. The molecule has 0 aliphatic rings. The molecule has 0 radical (unpaired) electrons. The van der Waals surface area contributed by atoms with Crippen molar-refractivity contribution >= 4 is 16.7 Å². The van der Waals surface area contributed by atoms with Crippen LogP contribution in [0.3, 0.4) is 0 Å². The lowest BCUT2D eigenvalue weighted by molar-refractivity contribution is -0.141. The fraction of sp³-hybridized carbons (Fsp3) is 0.190. The Balaban J connectivity index is 1.87. The van der Waals surface area contributed by atoms with Gasteiger partial charge in [0.15, 0.2) is 0 Å². The Morgan fingerprint density at radius 2 is 1.87 bits per heavy atom. The van der Waals surface area contributed by atoms with E-state index in [1.54, 1.807) is 30.5 Å². The average molecular weight is 449 g/mol. The van der Waals surface area contributed by atoms with Crippen molar-refractivity contribution < 1.29 is 22.2 Å². The molecule has 10 heteroatoms. The van der Waals surface area contributed by atoms with Crippen LogP contribution in [0.15, 0.2) is 58.5 Å². The summed E-state index contributed by atoms with van der Waals surface area (Å²) >= 11 is 0. The van der Waals surface area contributed by atoms with Crippen molar-refractivity contribution in [1.82, 2.24) is 15.3 Å². The SMILES string of the molecule is Cc1[nH]cc(C(=O)NCc2ccc(S(C)=O)cc2)c(=O)c1-c1ccnc(C(F)(F)F)c1. The van der Waals surface area contributed by atoms with Gasteiger partial charge < -0.3 is 10.3 Å². The van der Waals surface area contributed by atoms with Crippen LogP contribution in [0.4, 0.5) is 13.2 Å². The molecule has 0 bridgehead atoms. The van der Waals surface area contributed by atoms with E-state index in [1.807, 2.05) is 0 Å². The van der Waals surface area contributed by atoms with Crippen molar-refractivity contribution in [2.75, 3.05) is 6.26 Å². The number of aromatic amines is 1. The summed E-state index contributed by atoms with van der Waals surface area (Å²) in [5.41, 5.74) is -1.01. The molecule has 0 fully saturated rings. The van der Waals surface area contributed by atoms with Gasteiger partial charge in [0.1, 0.15) is 11.3 Å². The number of nitrogens with one attached hydrogen (secondary N) is 2. The summed E-state index contributed by atoms with van der Waals surface area (Å²) in [6.07, 6.45) is -0.910. The van der Waals surface area contributed by atoms with Crippen LogP contribution >= 0.6 is 0 Å². The molecule has 2 N–H and O–H groups in total. The summed E-state index contributed by atoms with van der Waals surface area (Å²) in [4.78, 5) is 32.2. The van der Waals surface area contributed by atoms with E-state index in [0.717, 1.165) is 17.8 Å². The summed E-state index contributed by atoms with van der Waals surface area (Å²) < 4.78 is 50.4. The zero-order valence-corrected chi connectivity index (χ0v) is 17.4. The normalized spacial score (nSPS) is 12.4. The van der Waals surface area contributed by atoms with E-state index in [1.165, 1.54) is 19.2 Å². The molecule has 1 atom stereocenters. The van der Waals surface area contributed by atoms with Gasteiger partial charge in [-0.3, -0.25) is 18.8 Å². The number of carbonyl (C=O) groups excluding carboxylic acids is 1. The van der Waals surface area contributed by atoms with Gasteiger partial charge in [0.2, 0.25) is 5.43 Å². The number of pyridine rings is 2. The quantitative estimate of drug-likeness (QED) is 0.624. The molecule has 6 nitrogen and oxygen atoms in total. The largest absolute Gasteiger partial charge is 0.433 e. The Morgan fingerprint density at radius 3 is 2.48 bits per heavy atom. The second kappa shape index (κ2) is 8.84. The zero-order valence-electron chi connectivity index (χ0n) is 16.5. The van der Waals surface area contributed by atoms with Gasteiger partial charge in [-0.15, -0.1) is 0 Å².